The highest BCUT2D eigenvalue weighted by molar-refractivity contribution is 7.99. The molecular formula is C18H11N7S. The van der Waals surface area contributed by atoms with E-state index >= 15 is 0 Å². The molecule has 0 aliphatic heterocycles. The normalized spacial score (nSPS) is 10.4. The van der Waals surface area contributed by atoms with E-state index in [1.54, 1.807) is 24.5 Å². The summed E-state index contributed by atoms with van der Waals surface area (Å²) in [7, 11) is 0. The number of nitriles is 1. The van der Waals surface area contributed by atoms with Crippen LogP contribution in [-0.4, -0.2) is 29.9 Å². The van der Waals surface area contributed by atoms with E-state index in [1.165, 1.54) is 11.8 Å². The SMILES string of the molecule is N#Cc1ccc(Sc2nnc(-c3ccncc3)n2-c2ccccc2)nn1. The van der Waals surface area contributed by atoms with Gasteiger partial charge < -0.3 is 0 Å². The summed E-state index contributed by atoms with van der Waals surface area (Å²) in [6.45, 7) is 0. The number of aromatic nitrogens is 6. The number of para-hydroxylation sites is 1. The van der Waals surface area contributed by atoms with Crippen molar-refractivity contribution in [1.29, 1.82) is 5.26 Å². The minimum absolute atomic E-state index is 0.274. The van der Waals surface area contributed by atoms with Gasteiger partial charge in [-0.25, -0.2) is 0 Å². The van der Waals surface area contributed by atoms with Gasteiger partial charge in [0.1, 0.15) is 11.1 Å². The van der Waals surface area contributed by atoms with Crippen LogP contribution in [0.2, 0.25) is 0 Å². The number of hydrogen-bond donors (Lipinski definition) is 0. The van der Waals surface area contributed by atoms with Crippen molar-refractivity contribution >= 4 is 11.8 Å². The van der Waals surface area contributed by atoms with Crippen LogP contribution in [-0.2, 0) is 0 Å². The van der Waals surface area contributed by atoms with E-state index in [0.717, 1.165) is 11.3 Å². The Kier molecular flexibility index (Phi) is 4.37. The second-order valence-electron chi connectivity index (χ2n) is 5.18. The number of rotatable bonds is 4. The standard InChI is InChI=1S/C18H11N7S/c19-12-14-6-7-16(22-21-14)26-18-24-23-17(13-8-10-20-11-9-13)25(18)15-4-2-1-3-5-15/h1-11H. The zero-order valence-corrected chi connectivity index (χ0v) is 14.2. The van der Waals surface area contributed by atoms with Crippen LogP contribution in [0.4, 0.5) is 0 Å². The first-order valence-electron chi connectivity index (χ1n) is 7.68. The monoisotopic (exact) mass is 357 g/mol. The highest BCUT2D eigenvalue weighted by Gasteiger charge is 2.17. The van der Waals surface area contributed by atoms with Crippen molar-refractivity contribution in [2.45, 2.75) is 10.2 Å². The van der Waals surface area contributed by atoms with Crippen molar-refractivity contribution in [3.05, 3.63) is 72.7 Å². The lowest BCUT2D eigenvalue weighted by Crippen LogP contribution is -2.00. The summed E-state index contributed by atoms with van der Waals surface area (Å²) in [5.41, 5.74) is 2.12. The first-order chi connectivity index (χ1) is 12.8. The van der Waals surface area contributed by atoms with Gasteiger partial charge in [-0.2, -0.15) is 5.26 Å². The maximum absolute atomic E-state index is 8.85. The molecule has 124 valence electrons. The van der Waals surface area contributed by atoms with Crippen LogP contribution in [0.5, 0.6) is 0 Å². The van der Waals surface area contributed by atoms with Crippen molar-refractivity contribution in [3.8, 4) is 23.1 Å². The third kappa shape index (κ3) is 3.16. The third-order valence-electron chi connectivity index (χ3n) is 3.54. The summed E-state index contributed by atoms with van der Waals surface area (Å²) in [6.07, 6.45) is 3.44. The molecule has 0 aliphatic carbocycles. The lowest BCUT2D eigenvalue weighted by molar-refractivity contribution is 0.868. The summed E-state index contributed by atoms with van der Waals surface area (Å²) >= 11 is 1.33. The summed E-state index contributed by atoms with van der Waals surface area (Å²) in [5.74, 6) is 0.711. The van der Waals surface area contributed by atoms with Gasteiger partial charge in [0.25, 0.3) is 0 Å². The van der Waals surface area contributed by atoms with E-state index in [9.17, 15) is 0 Å². The largest absolute Gasteiger partial charge is 0.270 e. The Bertz CT molecular complexity index is 1050. The second-order valence-corrected chi connectivity index (χ2v) is 6.17. The Hall–Kier alpha value is -3.57. The number of pyridine rings is 1. The van der Waals surface area contributed by atoms with E-state index in [1.807, 2.05) is 53.1 Å². The molecule has 1 aromatic carbocycles. The molecule has 4 aromatic rings. The molecule has 0 N–H and O–H groups in total. The van der Waals surface area contributed by atoms with Crippen molar-refractivity contribution < 1.29 is 0 Å². The number of nitrogens with zero attached hydrogens (tertiary/aromatic N) is 7. The van der Waals surface area contributed by atoms with Gasteiger partial charge in [0, 0.05) is 23.6 Å². The van der Waals surface area contributed by atoms with E-state index in [-0.39, 0.29) is 5.69 Å². The van der Waals surface area contributed by atoms with Gasteiger partial charge in [0.2, 0.25) is 5.16 Å². The lowest BCUT2D eigenvalue weighted by atomic mass is 10.2. The molecule has 0 saturated carbocycles. The molecule has 0 atom stereocenters. The summed E-state index contributed by atoms with van der Waals surface area (Å²) < 4.78 is 1.96. The molecule has 0 unspecified atom stereocenters. The van der Waals surface area contributed by atoms with Crippen molar-refractivity contribution in [2.75, 3.05) is 0 Å². The molecule has 4 rings (SSSR count). The van der Waals surface area contributed by atoms with Crippen molar-refractivity contribution in [2.24, 2.45) is 0 Å². The van der Waals surface area contributed by atoms with E-state index in [2.05, 4.69) is 25.4 Å². The maximum atomic E-state index is 8.85. The van der Waals surface area contributed by atoms with Crippen LogP contribution in [0, 0.1) is 11.3 Å². The van der Waals surface area contributed by atoms with E-state index < -0.39 is 0 Å². The molecule has 0 aliphatic rings. The van der Waals surface area contributed by atoms with Crippen LogP contribution >= 0.6 is 11.8 Å². The lowest BCUT2D eigenvalue weighted by Gasteiger charge is -2.09. The highest BCUT2D eigenvalue weighted by atomic mass is 32.2. The minimum Gasteiger partial charge on any atom is -0.270 e. The molecule has 0 radical (unpaired) electrons. The highest BCUT2D eigenvalue weighted by Crippen LogP contribution is 2.30. The topological polar surface area (TPSA) is 93.2 Å². The number of benzene rings is 1. The second kappa shape index (κ2) is 7.13. The Labute approximate surface area is 153 Å². The maximum Gasteiger partial charge on any atom is 0.202 e. The van der Waals surface area contributed by atoms with Crippen LogP contribution < -0.4 is 0 Å². The minimum atomic E-state index is 0.274. The van der Waals surface area contributed by atoms with Gasteiger partial charge in [-0.05, 0) is 48.2 Å². The Morgan fingerprint density at radius 1 is 0.846 bits per heavy atom. The molecule has 0 amide bonds. The van der Waals surface area contributed by atoms with Crippen molar-refractivity contribution in [3.63, 3.8) is 0 Å². The first kappa shape index (κ1) is 15.9. The van der Waals surface area contributed by atoms with Crippen LogP contribution in [0.1, 0.15) is 5.69 Å². The number of hydrogen-bond acceptors (Lipinski definition) is 7. The molecule has 0 spiro atoms. The van der Waals surface area contributed by atoms with Crippen LogP contribution in [0.15, 0.2) is 77.2 Å². The van der Waals surface area contributed by atoms with Crippen LogP contribution in [0.3, 0.4) is 0 Å². The van der Waals surface area contributed by atoms with E-state index in [4.69, 9.17) is 5.26 Å². The zero-order chi connectivity index (χ0) is 17.8. The predicted octanol–water partition coefficient (Wildman–Crippen LogP) is 3.14. The Morgan fingerprint density at radius 2 is 1.65 bits per heavy atom. The summed E-state index contributed by atoms with van der Waals surface area (Å²) in [6, 6.07) is 19.0. The molecule has 0 bridgehead atoms. The zero-order valence-electron chi connectivity index (χ0n) is 13.4. The molecule has 7 nitrogen and oxygen atoms in total. The van der Waals surface area contributed by atoms with Crippen LogP contribution in [0.25, 0.3) is 17.1 Å². The van der Waals surface area contributed by atoms with Gasteiger partial charge in [-0.15, -0.1) is 20.4 Å². The summed E-state index contributed by atoms with van der Waals surface area (Å²) in [4.78, 5) is 4.06. The fourth-order valence-corrected chi connectivity index (χ4v) is 3.13. The molecular weight excluding hydrogens is 346 g/mol. The van der Waals surface area contributed by atoms with E-state index in [0.29, 0.717) is 16.0 Å². The van der Waals surface area contributed by atoms with Crippen molar-refractivity contribution in [1.82, 2.24) is 29.9 Å². The molecule has 3 heterocycles. The van der Waals surface area contributed by atoms with Gasteiger partial charge in [-0.1, -0.05) is 18.2 Å². The van der Waals surface area contributed by atoms with Gasteiger partial charge >= 0.3 is 0 Å². The Morgan fingerprint density at radius 3 is 2.35 bits per heavy atom. The molecule has 0 fully saturated rings. The van der Waals surface area contributed by atoms with Gasteiger partial charge in [0.05, 0.1) is 0 Å². The molecule has 3 aromatic heterocycles. The van der Waals surface area contributed by atoms with Gasteiger partial charge in [-0.3, -0.25) is 9.55 Å². The first-order valence-corrected chi connectivity index (χ1v) is 8.50. The predicted molar refractivity (Wildman–Crippen MR) is 95.5 cm³/mol. The molecule has 8 heteroatoms. The van der Waals surface area contributed by atoms with Gasteiger partial charge in [0.15, 0.2) is 11.5 Å². The smallest absolute Gasteiger partial charge is 0.202 e. The average molecular weight is 357 g/mol. The third-order valence-corrected chi connectivity index (χ3v) is 4.41. The quantitative estimate of drug-likeness (QED) is 0.554. The Balaban J connectivity index is 1.79. The molecule has 0 saturated heterocycles. The fraction of sp³-hybridized carbons (Fsp3) is 0. The fourth-order valence-electron chi connectivity index (χ4n) is 2.36. The molecule has 26 heavy (non-hydrogen) atoms. The summed E-state index contributed by atoms with van der Waals surface area (Å²) in [5, 5.41) is 26.7. The average Bonchev–Trinajstić information content (AvgIpc) is 3.13.